The molecule has 0 aliphatic heterocycles. The van der Waals surface area contributed by atoms with E-state index in [1.807, 2.05) is 12.1 Å². The Morgan fingerprint density at radius 2 is 2.06 bits per heavy atom. The van der Waals surface area contributed by atoms with Crippen molar-refractivity contribution in [3.8, 4) is 0 Å². The van der Waals surface area contributed by atoms with Crippen LogP contribution in [0.25, 0.3) is 0 Å². The molecule has 0 amide bonds. The van der Waals surface area contributed by atoms with E-state index in [2.05, 4.69) is 24.3 Å². The van der Waals surface area contributed by atoms with Crippen LogP contribution in [0.3, 0.4) is 0 Å². The summed E-state index contributed by atoms with van der Waals surface area (Å²) in [6.45, 7) is 0. The van der Waals surface area contributed by atoms with Gasteiger partial charge in [-0.05, 0) is 42.4 Å². The number of carbonyl (C=O) groups is 1. The van der Waals surface area contributed by atoms with Crippen molar-refractivity contribution < 1.29 is 9.90 Å². The molecule has 2 aromatic rings. The molecule has 0 spiro atoms. The lowest BCUT2D eigenvalue weighted by atomic mass is 9.83. The summed E-state index contributed by atoms with van der Waals surface area (Å²) in [5.74, 6) is -0.263. The lowest BCUT2D eigenvalue weighted by molar-refractivity contribution is 0.0702. The smallest absolute Gasteiger partial charge is 0.345 e. The molecule has 92 valence electrons. The van der Waals surface area contributed by atoms with E-state index in [4.69, 9.17) is 5.11 Å². The molecule has 18 heavy (non-hydrogen) atoms. The van der Waals surface area contributed by atoms with Gasteiger partial charge in [-0.3, -0.25) is 0 Å². The molecule has 1 aliphatic carbocycles. The standard InChI is InChI=1S/C15H14O2S/c16-15(17)14-9-12-8-11(6-7-13(12)18-14)10-4-2-1-3-5-10/h1-5,9,11H,6-8H2,(H,16,17). The number of hydrogen-bond acceptors (Lipinski definition) is 2. The average molecular weight is 258 g/mol. The second-order valence-electron chi connectivity index (χ2n) is 4.71. The maximum absolute atomic E-state index is 11.0. The highest BCUT2D eigenvalue weighted by Crippen LogP contribution is 2.36. The first-order valence-corrected chi connectivity index (χ1v) is 6.95. The summed E-state index contributed by atoms with van der Waals surface area (Å²) in [4.78, 5) is 12.7. The van der Waals surface area contributed by atoms with Crippen molar-refractivity contribution in [2.45, 2.75) is 25.2 Å². The van der Waals surface area contributed by atoms with Crippen molar-refractivity contribution in [3.05, 3.63) is 57.3 Å². The summed E-state index contributed by atoms with van der Waals surface area (Å²) in [6, 6.07) is 12.4. The number of fused-ring (bicyclic) bond motifs is 1. The number of benzene rings is 1. The van der Waals surface area contributed by atoms with E-state index in [0.29, 0.717) is 10.8 Å². The zero-order chi connectivity index (χ0) is 12.5. The van der Waals surface area contributed by atoms with Gasteiger partial charge in [-0.2, -0.15) is 0 Å². The largest absolute Gasteiger partial charge is 0.477 e. The lowest BCUT2D eigenvalue weighted by Crippen LogP contribution is -2.10. The monoisotopic (exact) mass is 258 g/mol. The predicted octanol–water partition coefficient (Wildman–Crippen LogP) is 3.72. The van der Waals surface area contributed by atoms with Gasteiger partial charge in [0.1, 0.15) is 4.88 Å². The lowest BCUT2D eigenvalue weighted by Gasteiger charge is -2.22. The van der Waals surface area contributed by atoms with E-state index in [0.717, 1.165) is 19.3 Å². The van der Waals surface area contributed by atoms with Crippen molar-refractivity contribution in [2.75, 3.05) is 0 Å². The number of thiophene rings is 1. The molecule has 1 aliphatic rings. The first-order chi connectivity index (χ1) is 8.74. The molecule has 1 aromatic heterocycles. The zero-order valence-corrected chi connectivity index (χ0v) is 10.7. The number of carboxylic acids is 1. The fourth-order valence-electron chi connectivity index (χ4n) is 2.64. The molecule has 1 unspecified atom stereocenters. The number of aromatic carboxylic acids is 1. The summed E-state index contributed by atoms with van der Waals surface area (Å²) >= 11 is 1.44. The van der Waals surface area contributed by atoms with Crippen LogP contribution in [0, 0.1) is 0 Å². The molecule has 1 heterocycles. The molecule has 1 aromatic carbocycles. The Morgan fingerprint density at radius 3 is 2.78 bits per heavy atom. The molecule has 1 atom stereocenters. The van der Waals surface area contributed by atoms with Crippen LogP contribution in [-0.4, -0.2) is 11.1 Å². The maximum Gasteiger partial charge on any atom is 0.345 e. The van der Waals surface area contributed by atoms with Crippen molar-refractivity contribution in [3.63, 3.8) is 0 Å². The van der Waals surface area contributed by atoms with Gasteiger partial charge in [0.15, 0.2) is 0 Å². The third-order valence-corrected chi connectivity index (χ3v) is 4.79. The highest BCUT2D eigenvalue weighted by atomic mass is 32.1. The Labute approximate surface area is 110 Å². The van der Waals surface area contributed by atoms with Crippen molar-refractivity contribution in [1.82, 2.24) is 0 Å². The molecular formula is C15H14O2S. The summed E-state index contributed by atoms with van der Waals surface area (Å²) in [5.41, 5.74) is 2.60. The van der Waals surface area contributed by atoms with E-state index in [1.54, 1.807) is 0 Å². The quantitative estimate of drug-likeness (QED) is 0.891. The fourth-order valence-corrected chi connectivity index (χ4v) is 3.69. The molecule has 0 saturated heterocycles. The van der Waals surface area contributed by atoms with Crippen molar-refractivity contribution >= 4 is 17.3 Å². The summed E-state index contributed by atoms with van der Waals surface area (Å²) in [5, 5.41) is 9.03. The number of aryl methyl sites for hydroxylation is 1. The fraction of sp³-hybridized carbons (Fsp3) is 0.267. The van der Waals surface area contributed by atoms with E-state index < -0.39 is 5.97 Å². The van der Waals surface area contributed by atoms with Gasteiger partial charge in [0.2, 0.25) is 0 Å². The third-order valence-electron chi connectivity index (χ3n) is 3.56. The molecular weight excluding hydrogens is 244 g/mol. The van der Waals surface area contributed by atoms with E-state index >= 15 is 0 Å². The minimum absolute atomic E-state index is 0.480. The molecule has 0 bridgehead atoms. The Hall–Kier alpha value is -1.61. The van der Waals surface area contributed by atoms with Crippen molar-refractivity contribution in [1.29, 1.82) is 0 Å². The SMILES string of the molecule is O=C(O)c1cc2c(s1)CCC(c1ccccc1)C2. The molecule has 3 heteroatoms. The summed E-state index contributed by atoms with van der Waals surface area (Å²) in [6.07, 6.45) is 3.10. The molecule has 0 radical (unpaired) electrons. The predicted molar refractivity (Wildman–Crippen MR) is 72.5 cm³/mol. The Kier molecular flexibility index (Phi) is 2.92. The van der Waals surface area contributed by atoms with Crippen LogP contribution in [0.2, 0.25) is 0 Å². The Morgan fingerprint density at radius 1 is 1.28 bits per heavy atom. The second kappa shape index (κ2) is 4.58. The Bertz CT molecular complexity index is 571. The summed E-state index contributed by atoms with van der Waals surface area (Å²) in [7, 11) is 0. The van der Waals surface area contributed by atoms with Gasteiger partial charge in [0.05, 0.1) is 0 Å². The van der Waals surface area contributed by atoms with E-state index in [9.17, 15) is 4.79 Å². The molecule has 2 nitrogen and oxygen atoms in total. The van der Waals surface area contributed by atoms with Crippen LogP contribution >= 0.6 is 11.3 Å². The van der Waals surface area contributed by atoms with Crippen molar-refractivity contribution in [2.24, 2.45) is 0 Å². The average Bonchev–Trinajstić information content (AvgIpc) is 2.82. The number of hydrogen-bond donors (Lipinski definition) is 1. The van der Waals surface area contributed by atoms with Gasteiger partial charge in [0, 0.05) is 4.88 Å². The summed E-state index contributed by atoms with van der Waals surface area (Å²) < 4.78 is 0. The zero-order valence-electron chi connectivity index (χ0n) is 9.93. The van der Waals surface area contributed by atoms with Gasteiger partial charge in [-0.15, -0.1) is 11.3 Å². The second-order valence-corrected chi connectivity index (χ2v) is 5.85. The van der Waals surface area contributed by atoms with Crippen LogP contribution in [-0.2, 0) is 12.8 Å². The first-order valence-electron chi connectivity index (χ1n) is 6.14. The van der Waals surface area contributed by atoms with Gasteiger partial charge < -0.3 is 5.11 Å². The van der Waals surface area contributed by atoms with Crippen LogP contribution < -0.4 is 0 Å². The van der Waals surface area contributed by atoms with Crippen LogP contribution in [0.5, 0.6) is 0 Å². The number of rotatable bonds is 2. The van der Waals surface area contributed by atoms with E-state index in [1.165, 1.54) is 27.3 Å². The third kappa shape index (κ3) is 2.06. The normalized spacial score (nSPS) is 18.3. The van der Waals surface area contributed by atoms with Gasteiger partial charge in [-0.25, -0.2) is 4.79 Å². The van der Waals surface area contributed by atoms with Crippen LogP contribution in [0.1, 0.15) is 38.0 Å². The van der Waals surface area contributed by atoms with Gasteiger partial charge >= 0.3 is 5.97 Å². The molecule has 0 saturated carbocycles. The minimum Gasteiger partial charge on any atom is -0.477 e. The van der Waals surface area contributed by atoms with E-state index in [-0.39, 0.29) is 0 Å². The first kappa shape index (κ1) is 11.5. The highest BCUT2D eigenvalue weighted by molar-refractivity contribution is 7.14. The Balaban J connectivity index is 1.87. The van der Waals surface area contributed by atoms with Gasteiger partial charge in [0.25, 0.3) is 0 Å². The number of carboxylic acid groups (broad SMARTS) is 1. The van der Waals surface area contributed by atoms with Crippen LogP contribution in [0.4, 0.5) is 0 Å². The molecule has 0 fully saturated rings. The highest BCUT2D eigenvalue weighted by Gasteiger charge is 2.23. The maximum atomic E-state index is 11.0. The topological polar surface area (TPSA) is 37.3 Å². The van der Waals surface area contributed by atoms with Gasteiger partial charge in [-0.1, -0.05) is 30.3 Å². The van der Waals surface area contributed by atoms with Crippen LogP contribution in [0.15, 0.2) is 36.4 Å². The molecule has 3 rings (SSSR count). The minimum atomic E-state index is -0.800. The molecule has 1 N–H and O–H groups in total.